The predicted molar refractivity (Wildman–Crippen MR) is 129 cm³/mol. The maximum absolute atomic E-state index is 10.2. The minimum atomic E-state index is -0.0259. The summed E-state index contributed by atoms with van der Waals surface area (Å²) in [5.41, 5.74) is 0. The zero-order valence-corrected chi connectivity index (χ0v) is 20.3. The van der Waals surface area contributed by atoms with Crippen LogP contribution in [0.2, 0.25) is 0 Å². The lowest BCUT2D eigenvalue weighted by Gasteiger charge is -2.34. The van der Waals surface area contributed by atoms with Gasteiger partial charge in [-0.25, -0.2) is 0 Å². The van der Waals surface area contributed by atoms with Crippen LogP contribution in [0.15, 0.2) is 0 Å². The van der Waals surface area contributed by atoms with Crippen LogP contribution in [-0.2, 0) is 0 Å². The van der Waals surface area contributed by atoms with E-state index in [4.69, 9.17) is 0 Å². The van der Waals surface area contributed by atoms with E-state index in [-0.39, 0.29) is 6.10 Å². The monoisotopic (exact) mass is 412 g/mol. The molecule has 1 rings (SSSR count). The molecule has 1 N–H and O–H groups in total. The van der Waals surface area contributed by atoms with Gasteiger partial charge in [0.15, 0.2) is 0 Å². The molecule has 0 aromatic rings. The van der Waals surface area contributed by atoms with Gasteiger partial charge in [0, 0.05) is 5.25 Å². The second kappa shape index (κ2) is 19.3. The topological polar surface area (TPSA) is 20.2 Å². The van der Waals surface area contributed by atoms with E-state index < -0.39 is 0 Å². The number of hydrogen-bond acceptors (Lipinski definition) is 2. The second-order valence-electron chi connectivity index (χ2n) is 9.28. The minimum absolute atomic E-state index is 0.0259. The van der Waals surface area contributed by atoms with Gasteiger partial charge < -0.3 is 5.11 Å². The van der Waals surface area contributed by atoms with E-state index >= 15 is 0 Å². The van der Waals surface area contributed by atoms with Crippen LogP contribution in [0.3, 0.4) is 0 Å². The van der Waals surface area contributed by atoms with E-state index in [0.717, 1.165) is 18.1 Å². The highest BCUT2D eigenvalue weighted by molar-refractivity contribution is 7.99. The summed E-state index contributed by atoms with van der Waals surface area (Å²) in [6, 6.07) is 0. The van der Waals surface area contributed by atoms with Crippen LogP contribution >= 0.6 is 11.8 Å². The highest BCUT2D eigenvalue weighted by Crippen LogP contribution is 2.36. The van der Waals surface area contributed by atoms with Crippen molar-refractivity contribution in [1.29, 1.82) is 0 Å². The molecule has 1 fully saturated rings. The number of unbranched alkanes of at least 4 members (excludes halogenated alkanes) is 15. The lowest BCUT2D eigenvalue weighted by Crippen LogP contribution is -2.34. The Kier molecular flexibility index (Phi) is 18.1. The normalized spacial score (nSPS) is 22.6. The molecule has 0 aliphatic heterocycles. The molecule has 0 bridgehead atoms. The number of rotatable bonds is 19. The summed E-state index contributed by atoms with van der Waals surface area (Å²) < 4.78 is 0. The van der Waals surface area contributed by atoms with Crippen molar-refractivity contribution in [2.24, 2.45) is 5.92 Å². The largest absolute Gasteiger partial charge is 0.393 e. The van der Waals surface area contributed by atoms with Crippen molar-refractivity contribution >= 4 is 11.8 Å². The molecule has 0 radical (unpaired) electrons. The first-order valence-corrected chi connectivity index (χ1v) is 14.1. The van der Waals surface area contributed by atoms with Gasteiger partial charge in [-0.15, -0.1) is 0 Å². The molecule has 0 spiro atoms. The standard InChI is InChI=1S/C26H52OS/c1-3-5-6-7-8-9-10-11-12-13-14-15-16-17-18-19-23-28-26-22-20-21-25(27)24(26)4-2/h24-27H,3-23H2,1-2H3. The minimum Gasteiger partial charge on any atom is -0.393 e. The average Bonchev–Trinajstić information content (AvgIpc) is 2.70. The van der Waals surface area contributed by atoms with Crippen molar-refractivity contribution in [3.05, 3.63) is 0 Å². The molecule has 0 heterocycles. The molecule has 3 atom stereocenters. The molecule has 1 saturated carbocycles. The fourth-order valence-corrected chi connectivity index (χ4v) is 6.46. The van der Waals surface area contributed by atoms with Crippen molar-refractivity contribution < 1.29 is 5.11 Å². The average molecular weight is 413 g/mol. The highest BCUT2D eigenvalue weighted by atomic mass is 32.2. The number of aliphatic hydroxyl groups is 1. The fraction of sp³-hybridized carbons (Fsp3) is 1.00. The quantitative estimate of drug-likeness (QED) is 0.214. The van der Waals surface area contributed by atoms with Crippen LogP contribution in [0.4, 0.5) is 0 Å². The summed E-state index contributed by atoms with van der Waals surface area (Å²) >= 11 is 2.16. The van der Waals surface area contributed by atoms with Gasteiger partial charge in [0.05, 0.1) is 6.10 Å². The molecular formula is C26H52OS. The third kappa shape index (κ3) is 13.5. The van der Waals surface area contributed by atoms with Gasteiger partial charge in [-0.1, -0.05) is 110 Å². The van der Waals surface area contributed by atoms with Gasteiger partial charge in [0.25, 0.3) is 0 Å². The van der Waals surface area contributed by atoms with E-state index in [9.17, 15) is 5.11 Å². The Morgan fingerprint density at radius 1 is 0.643 bits per heavy atom. The number of thioether (sulfide) groups is 1. The third-order valence-electron chi connectivity index (χ3n) is 6.76. The van der Waals surface area contributed by atoms with Crippen LogP contribution < -0.4 is 0 Å². The summed E-state index contributed by atoms with van der Waals surface area (Å²) in [7, 11) is 0. The molecule has 0 saturated heterocycles. The first kappa shape index (κ1) is 26.3. The van der Waals surface area contributed by atoms with E-state index in [1.807, 2.05) is 0 Å². The molecule has 0 aromatic heterocycles. The molecule has 0 aromatic carbocycles. The van der Waals surface area contributed by atoms with Crippen molar-refractivity contribution in [3.8, 4) is 0 Å². The predicted octanol–water partition coefficient (Wildman–Crippen LogP) is 8.92. The SMILES string of the molecule is CCCCCCCCCCCCCCCCCCSC1CCCC(O)C1CC. The van der Waals surface area contributed by atoms with E-state index in [2.05, 4.69) is 25.6 Å². The first-order chi connectivity index (χ1) is 13.8. The van der Waals surface area contributed by atoms with Crippen molar-refractivity contribution in [2.75, 3.05) is 5.75 Å². The maximum Gasteiger partial charge on any atom is 0.0578 e. The van der Waals surface area contributed by atoms with Crippen molar-refractivity contribution in [2.45, 2.75) is 154 Å². The fourth-order valence-electron chi connectivity index (χ4n) is 4.83. The summed E-state index contributed by atoms with van der Waals surface area (Å²) in [5.74, 6) is 1.87. The Morgan fingerprint density at radius 3 is 1.57 bits per heavy atom. The molecule has 3 unspecified atom stereocenters. The number of hydrogen-bond donors (Lipinski definition) is 1. The van der Waals surface area contributed by atoms with Gasteiger partial charge in [-0.05, 0) is 43.8 Å². The van der Waals surface area contributed by atoms with Crippen LogP contribution in [0.25, 0.3) is 0 Å². The van der Waals surface area contributed by atoms with Crippen LogP contribution in [0.5, 0.6) is 0 Å². The molecule has 1 aliphatic rings. The summed E-state index contributed by atoms with van der Waals surface area (Å²) in [5, 5.41) is 10.9. The van der Waals surface area contributed by atoms with Gasteiger partial charge >= 0.3 is 0 Å². The molecule has 1 aliphatic carbocycles. The second-order valence-corrected chi connectivity index (χ2v) is 10.6. The van der Waals surface area contributed by atoms with Gasteiger partial charge in [-0.2, -0.15) is 11.8 Å². The Labute approximate surface area is 182 Å². The zero-order valence-electron chi connectivity index (χ0n) is 19.4. The lowest BCUT2D eigenvalue weighted by molar-refractivity contribution is 0.0720. The summed E-state index contributed by atoms with van der Waals surface area (Å²) in [6.45, 7) is 4.55. The molecule has 1 nitrogen and oxygen atoms in total. The van der Waals surface area contributed by atoms with E-state index in [1.54, 1.807) is 0 Å². The Bertz CT molecular complexity index is 320. The maximum atomic E-state index is 10.2. The van der Waals surface area contributed by atoms with E-state index in [1.165, 1.54) is 121 Å². The van der Waals surface area contributed by atoms with Crippen LogP contribution in [-0.4, -0.2) is 22.2 Å². The third-order valence-corrected chi connectivity index (χ3v) is 8.30. The first-order valence-electron chi connectivity index (χ1n) is 13.1. The molecule has 168 valence electrons. The smallest absolute Gasteiger partial charge is 0.0578 e. The Hall–Kier alpha value is 0.310. The Morgan fingerprint density at radius 2 is 1.11 bits per heavy atom. The van der Waals surface area contributed by atoms with Gasteiger partial charge in [0.1, 0.15) is 0 Å². The zero-order chi connectivity index (χ0) is 20.3. The lowest BCUT2D eigenvalue weighted by atomic mass is 9.84. The van der Waals surface area contributed by atoms with Crippen molar-refractivity contribution in [3.63, 3.8) is 0 Å². The number of aliphatic hydroxyl groups excluding tert-OH is 1. The summed E-state index contributed by atoms with van der Waals surface area (Å²) in [4.78, 5) is 0. The summed E-state index contributed by atoms with van der Waals surface area (Å²) in [6.07, 6.45) is 27.9. The molecule has 2 heteroatoms. The molecular weight excluding hydrogens is 360 g/mol. The van der Waals surface area contributed by atoms with Crippen LogP contribution in [0.1, 0.15) is 142 Å². The van der Waals surface area contributed by atoms with E-state index in [0.29, 0.717) is 5.92 Å². The van der Waals surface area contributed by atoms with Crippen molar-refractivity contribution in [1.82, 2.24) is 0 Å². The van der Waals surface area contributed by atoms with Crippen LogP contribution in [0, 0.1) is 5.92 Å². The van der Waals surface area contributed by atoms with Gasteiger partial charge in [0.2, 0.25) is 0 Å². The Balaban J connectivity index is 1.77. The molecule has 0 amide bonds. The highest BCUT2D eigenvalue weighted by Gasteiger charge is 2.30. The van der Waals surface area contributed by atoms with Gasteiger partial charge in [-0.3, -0.25) is 0 Å². The molecule has 28 heavy (non-hydrogen) atoms.